The largest absolute Gasteiger partial charge is 0.489 e. The third-order valence-corrected chi connectivity index (χ3v) is 2.85. The number of ether oxygens (including phenoxy) is 1. The van der Waals surface area contributed by atoms with Crippen molar-refractivity contribution in [2.45, 2.75) is 32.8 Å². The summed E-state index contributed by atoms with van der Waals surface area (Å²) in [5.74, 6) is 0.490. The van der Waals surface area contributed by atoms with Crippen molar-refractivity contribution in [2.24, 2.45) is 0 Å². The fraction of sp³-hybridized carbons (Fsp3) is 0.312. The number of rotatable bonds is 3. The molecule has 100 valence electrons. The lowest BCUT2D eigenvalue weighted by atomic mass is 9.86. The molecule has 2 nitrogen and oxygen atoms in total. The minimum absolute atomic E-state index is 0.0107. The molecule has 0 aliphatic carbocycles. The number of pyridine rings is 1. The molecule has 0 unspecified atom stereocenters. The van der Waals surface area contributed by atoms with Crippen molar-refractivity contribution in [3.8, 4) is 5.75 Å². The Balaban J connectivity index is 2.16. The van der Waals surface area contributed by atoms with Crippen LogP contribution in [0, 0.1) is 5.82 Å². The highest BCUT2D eigenvalue weighted by atomic mass is 19.1. The molecule has 0 spiro atoms. The molecule has 0 aliphatic heterocycles. The van der Waals surface area contributed by atoms with Crippen molar-refractivity contribution in [2.75, 3.05) is 0 Å². The first-order valence-electron chi connectivity index (χ1n) is 6.28. The van der Waals surface area contributed by atoms with Gasteiger partial charge >= 0.3 is 0 Å². The fourth-order valence-electron chi connectivity index (χ4n) is 1.91. The van der Waals surface area contributed by atoms with E-state index in [0.29, 0.717) is 6.61 Å². The van der Waals surface area contributed by atoms with Gasteiger partial charge in [-0.1, -0.05) is 39.0 Å². The lowest BCUT2D eigenvalue weighted by molar-refractivity contribution is 0.296. The standard InChI is InChI=1S/C16H18FNO/c1-16(2,3)14-6-4-5-7-15(14)19-11-12-8-13(17)10-18-9-12/h4-10H,11H2,1-3H3. The van der Waals surface area contributed by atoms with Crippen LogP contribution in [0.25, 0.3) is 0 Å². The van der Waals surface area contributed by atoms with E-state index in [1.54, 1.807) is 6.20 Å². The molecule has 0 bridgehead atoms. The van der Waals surface area contributed by atoms with Crippen molar-refractivity contribution in [1.29, 1.82) is 0 Å². The highest BCUT2D eigenvalue weighted by molar-refractivity contribution is 5.38. The smallest absolute Gasteiger partial charge is 0.141 e. The Labute approximate surface area is 113 Å². The van der Waals surface area contributed by atoms with Crippen LogP contribution in [-0.2, 0) is 12.0 Å². The van der Waals surface area contributed by atoms with Crippen LogP contribution in [0.4, 0.5) is 4.39 Å². The van der Waals surface area contributed by atoms with Crippen LogP contribution in [0.5, 0.6) is 5.75 Å². The first-order valence-corrected chi connectivity index (χ1v) is 6.28. The van der Waals surface area contributed by atoms with Gasteiger partial charge in [-0.3, -0.25) is 4.98 Å². The van der Waals surface area contributed by atoms with E-state index in [1.807, 2.05) is 18.2 Å². The second-order valence-corrected chi connectivity index (χ2v) is 5.55. The molecule has 2 rings (SSSR count). The van der Waals surface area contributed by atoms with E-state index in [2.05, 4.69) is 31.8 Å². The minimum Gasteiger partial charge on any atom is -0.489 e. The summed E-state index contributed by atoms with van der Waals surface area (Å²) in [6.07, 6.45) is 2.80. The Morgan fingerprint density at radius 1 is 1.16 bits per heavy atom. The van der Waals surface area contributed by atoms with Gasteiger partial charge in [0.1, 0.15) is 18.2 Å². The molecule has 19 heavy (non-hydrogen) atoms. The molecule has 0 aliphatic rings. The number of hydrogen-bond donors (Lipinski definition) is 0. The van der Waals surface area contributed by atoms with E-state index in [9.17, 15) is 4.39 Å². The average molecular weight is 259 g/mol. The number of halogens is 1. The van der Waals surface area contributed by atoms with Gasteiger partial charge in [0, 0.05) is 11.8 Å². The summed E-state index contributed by atoms with van der Waals surface area (Å²) in [6, 6.07) is 9.37. The SMILES string of the molecule is CC(C)(C)c1ccccc1OCc1cncc(F)c1. The summed E-state index contributed by atoms with van der Waals surface area (Å²) in [6.45, 7) is 6.73. The van der Waals surface area contributed by atoms with E-state index in [-0.39, 0.29) is 11.2 Å². The number of hydrogen-bond acceptors (Lipinski definition) is 2. The Morgan fingerprint density at radius 3 is 2.58 bits per heavy atom. The topological polar surface area (TPSA) is 22.1 Å². The molecule has 0 fully saturated rings. The van der Waals surface area contributed by atoms with E-state index in [1.165, 1.54) is 12.3 Å². The van der Waals surface area contributed by atoms with Gasteiger partial charge < -0.3 is 4.74 Å². The molecule has 1 heterocycles. The molecule has 2 aromatic rings. The third kappa shape index (κ3) is 3.53. The van der Waals surface area contributed by atoms with E-state index < -0.39 is 0 Å². The number of aromatic nitrogens is 1. The summed E-state index contributed by atoms with van der Waals surface area (Å²) in [5.41, 5.74) is 1.87. The van der Waals surface area contributed by atoms with Gasteiger partial charge in [-0.05, 0) is 23.1 Å². The first-order chi connectivity index (χ1) is 8.97. The van der Waals surface area contributed by atoms with Crippen molar-refractivity contribution in [3.63, 3.8) is 0 Å². The van der Waals surface area contributed by atoms with Crippen LogP contribution in [0.3, 0.4) is 0 Å². The summed E-state index contributed by atoms with van der Waals surface area (Å²) in [7, 11) is 0. The van der Waals surface area contributed by atoms with E-state index in [0.717, 1.165) is 16.9 Å². The van der Waals surface area contributed by atoms with Gasteiger partial charge in [-0.2, -0.15) is 0 Å². The zero-order valence-corrected chi connectivity index (χ0v) is 11.5. The van der Waals surface area contributed by atoms with E-state index in [4.69, 9.17) is 4.74 Å². The Kier molecular flexibility index (Phi) is 3.84. The van der Waals surface area contributed by atoms with Crippen molar-refractivity contribution >= 4 is 0 Å². The maximum Gasteiger partial charge on any atom is 0.141 e. The second-order valence-electron chi connectivity index (χ2n) is 5.55. The van der Waals surface area contributed by atoms with Gasteiger partial charge in [0.15, 0.2) is 0 Å². The Morgan fingerprint density at radius 2 is 1.89 bits per heavy atom. The zero-order chi connectivity index (χ0) is 13.9. The first kappa shape index (κ1) is 13.5. The molecule has 0 saturated carbocycles. The maximum absolute atomic E-state index is 13.0. The van der Waals surface area contributed by atoms with Gasteiger partial charge in [0.05, 0.1) is 6.20 Å². The molecular formula is C16H18FNO. The molecule has 0 radical (unpaired) electrons. The molecule has 0 saturated heterocycles. The lowest BCUT2D eigenvalue weighted by Gasteiger charge is -2.22. The van der Waals surface area contributed by atoms with Crippen molar-refractivity contribution < 1.29 is 9.13 Å². The van der Waals surface area contributed by atoms with E-state index >= 15 is 0 Å². The average Bonchev–Trinajstić information content (AvgIpc) is 2.36. The fourth-order valence-corrected chi connectivity index (χ4v) is 1.91. The predicted molar refractivity (Wildman–Crippen MR) is 73.7 cm³/mol. The molecule has 0 atom stereocenters. The zero-order valence-electron chi connectivity index (χ0n) is 11.5. The summed E-state index contributed by atoms with van der Waals surface area (Å²) >= 11 is 0. The highest BCUT2D eigenvalue weighted by Crippen LogP contribution is 2.31. The molecule has 0 amide bonds. The lowest BCUT2D eigenvalue weighted by Crippen LogP contribution is -2.13. The Hall–Kier alpha value is -1.90. The third-order valence-electron chi connectivity index (χ3n) is 2.85. The van der Waals surface area contributed by atoms with Crippen LogP contribution in [0.2, 0.25) is 0 Å². The van der Waals surface area contributed by atoms with Crippen molar-refractivity contribution in [3.05, 3.63) is 59.7 Å². The summed E-state index contributed by atoms with van der Waals surface area (Å²) in [4.78, 5) is 3.81. The minimum atomic E-state index is -0.342. The monoisotopic (exact) mass is 259 g/mol. The molecule has 0 N–H and O–H groups in total. The van der Waals surface area contributed by atoms with Crippen LogP contribution in [-0.4, -0.2) is 4.98 Å². The second kappa shape index (κ2) is 5.39. The number of nitrogens with zero attached hydrogens (tertiary/aromatic N) is 1. The highest BCUT2D eigenvalue weighted by Gasteiger charge is 2.18. The Bertz CT molecular complexity index is 561. The quantitative estimate of drug-likeness (QED) is 0.828. The normalized spacial score (nSPS) is 11.4. The summed E-state index contributed by atoms with van der Waals surface area (Å²) in [5, 5.41) is 0. The van der Waals surface area contributed by atoms with Crippen LogP contribution < -0.4 is 4.74 Å². The van der Waals surface area contributed by atoms with Gasteiger partial charge in [-0.25, -0.2) is 4.39 Å². The molecule has 1 aromatic heterocycles. The maximum atomic E-state index is 13.0. The van der Waals surface area contributed by atoms with Crippen molar-refractivity contribution in [1.82, 2.24) is 4.98 Å². The van der Waals surface area contributed by atoms with Gasteiger partial charge in [0.2, 0.25) is 0 Å². The van der Waals surface area contributed by atoms with Crippen LogP contribution in [0.15, 0.2) is 42.7 Å². The number of benzene rings is 1. The molecule has 1 aromatic carbocycles. The number of para-hydroxylation sites is 1. The van der Waals surface area contributed by atoms with Gasteiger partial charge in [0.25, 0.3) is 0 Å². The molecular weight excluding hydrogens is 241 g/mol. The summed E-state index contributed by atoms with van der Waals surface area (Å²) < 4.78 is 18.8. The van der Waals surface area contributed by atoms with Gasteiger partial charge in [-0.15, -0.1) is 0 Å². The predicted octanol–water partition coefficient (Wildman–Crippen LogP) is 4.10. The van der Waals surface area contributed by atoms with Crippen LogP contribution in [0.1, 0.15) is 31.9 Å². The van der Waals surface area contributed by atoms with Crippen LogP contribution >= 0.6 is 0 Å². The molecule has 3 heteroatoms.